The number of nitrogens with zero attached hydrogens (tertiary/aromatic N) is 2. The molecule has 1 amide bonds. The van der Waals surface area contributed by atoms with Gasteiger partial charge in [-0.1, -0.05) is 35.9 Å². The molecule has 3 aromatic rings. The van der Waals surface area contributed by atoms with Crippen molar-refractivity contribution < 1.29 is 4.79 Å². The molecule has 2 N–H and O–H groups in total. The predicted octanol–water partition coefficient (Wildman–Crippen LogP) is 3.21. The van der Waals surface area contributed by atoms with Crippen LogP contribution in [0.4, 0.5) is 0 Å². The molecule has 0 aliphatic rings. The Kier molecular flexibility index (Phi) is 4.11. The summed E-state index contributed by atoms with van der Waals surface area (Å²) >= 11 is 1.58. The van der Waals surface area contributed by atoms with Gasteiger partial charge in [0, 0.05) is 0 Å². The molecule has 3 rings (SSSR count). The monoisotopic (exact) mass is 310 g/mol. The van der Waals surface area contributed by atoms with E-state index in [0.29, 0.717) is 5.69 Å². The van der Waals surface area contributed by atoms with Crippen LogP contribution in [-0.4, -0.2) is 22.3 Å². The Morgan fingerprint density at radius 1 is 1.32 bits per heavy atom. The summed E-state index contributed by atoms with van der Waals surface area (Å²) in [6, 6.07) is 13.5. The third kappa shape index (κ3) is 3.29. The molecule has 0 radical (unpaired) electrons. The highest BCUT2D eigenvalue weighted by Crippen LogP contribution is 2.22. The molecule has 0 spiro atoms. The maximum absolute atomic E-state index is 12.0. The minimum absolute atomic E-state index is 0.310. The molecular formula is C16H14N4OS. The lowest BCUT2D eigenvalue weighted by atomic mass is 10.2. The average molecular weight is 310 g/mol. The van der Waals surface area contributed by atoms with Gasteiger partial charge in [-0.05, 0) is 30.0 Å². The Morgan fingerprint density at radius 2 is 2.23 bits per heavy atom. The maximum Gasteiger partial charge on any atom is 0.291 e. The van der Waals surface area contributed by atoms with Gasteiger partial charge in [0.1, 0.15) is 0 Å². The standard InChI is InChI=1S/C16H14N4OS/c1-11-4-2-5-12(8-11)10-17-20-16(21)14-9-13(18-19-14)15-6-3-7-22-15/h2-10H,1H3,(H,18,19)(H,20,21). The van der Waals surface area contributed by atoms with Gasteiger partial charge in [0.15, 0.2) is 5.69 Å². The van der Waals surface area contributed by atoms with Crippen molar-refractivity contribution in [2.45, 2.75) is 6.92 Å². The van der Waals surface area contributed by atoms with Crippen LogP contribution in [0.15, 0.2) is 52.9 Å². The van der Waals surface area contributed by atoms with E-state index in [0.717, 1.165) is 21.7 Å². The van der Waals surface area contributed by atoms with Crippen LogP contribution < -0.4 is 5.43 Å². The fraction of sp³-hybridized carbons (Fsp3) is 0.0625. The summed E-state index contributed by atoms with van der Waals surface area (Å²) in [5.74, 6) is -0.344. The lowest BCUT2D eigenvalue weighted by Crippen LogP contribution is -2.18. The van der Waals surface area contributed by atoms with Gasteiger partial charge in [-0.2, -0.15) is 10.2 Å². The average Bonchev–Trinajstić information content (AvgIpc) is 3.18. The van der Waals surface area contributed by atoms with Gasteiger partial charge in [-0.15, -0.1) is 11.3 Å². The summed E-state index contributed by atoms with van der Waals surface area (Å²) < 4.78 is 0. The Bertz CT molecular complexity index is 805. The number of H-pyrrole nitrogens is 1. The SMILES string of the molecule is Cc1cccc(C=NNC(=O)c2cc(-c3cccs3)[nH]n2)c1. The summed E-state index contributed by atoms with van der Waals surface area (Å²) in [6.07, 6.45) is 1.61. The van der Waals surface area contributed by atoms with Gasteiger partial charge in [0.05, 0.1) is 16.8 Å². The van der Waals surface area contributed by atoms with Crippen molar-refractivity contribution in [3.05, 3.63) is 64.7 Å². The topological polar surface area (TPSA) is 70.1 Å². The highest BCUT2D eigenvalue weighted by molar-refractivity contribution is 7.13. The van der Waals surface area contributed by atoms with Crippen molar-refractivity contribution in [3.63, 3.8) is 0 Å². The number of aromatic nitrogens is 2. The number of hydrogen-bond donors (Lipinski definition) is 2. The normalized spacial score (nSPS) is 11.0. The van der Waals surface area contributed by atoms with E-state index in [-0.39, 0.29) is 5.91 Å². The van der Waals surface area contributed by atoms with Gasteiger partial charge in [0.25, 0.3) is 5.91 Å². The van der Waals surface area contributed by atoms with Gasteiger partial charge >= 0.3 is 0 Å². The Labute approximate surface area is 131 Å². The first-order chi connectivity index (χ1) is 10.7. The minimum atomic E-state index is -0.344. The van der Waals surface area contributed by atoms with Gasteiger partial charge in [0.2, 0.25) is 0 Å². The van der Waals surface area contributed by atoms with Crippen LogP contribution in [0.3, 0.4) is 0 Å². The van der Waals surface area contributed by atoms with Crippen LogP contribution in [0.2, 0.25) is 0 Å². The first-order valence-electron chi connectivity index (χ1n) is 6.72. The van der Waals surface area contributed by atoms with E-state index >= 15 is 0 Å². The van der Waals surface area contributed by atoms with E-state index in [4.69, 9.17) is 0 Å². The number of hydrazone groups is 1. The molecule has 5 nitrogen and oxygen atoms in total. The minimum Gasteiger partial charge on any atom is -0.276 e. The molecule has 0 aliphatic carbocycles. The Morgan fingerprint density at radius 3 is 3.00 bits per heavy atom. The molecule has 0 bridgehead atoms. The molecule has 110 valence electrons. The zero-order valence-corrected chi connectivity index (χ0v) is 12.7. The first kappa shape index (κ1) is 14.2. The molecule has 22 heavy (non-hydrogen) atoms. The third-order valence-electron chi connectivity index (χ3n) is 3.02. The van der Waals surface area contributed by atoms with Crippen LogP contribution in [0.25, 0.3) is 10.6 Å². The smallest absolute Gasteiger partial charge is 0.276 e. The number of aryl methyl sites for hydroxylation is 1. The molecule has 0 saturated carbocycles. The molecule has 0 unspecified atom stereocenters. The number of nitrogens with one attached hydrogen (secondary N) is 2. The first-order valence-corrected chi connectivity index (χ1v) is 7.60. The Hall–Kier alpha value is -2.73. The number of aromatic amines is 1. The molecule has 2 heterocycles. The van der Waals surface area contributed by atoms with E-state index in [1.807, 2.05) is 48.7 Å². The van der Waals surface area contributed by atoms with Gasteiger partial charge < -0.3 is 0 Å². The van der Waals surface area contributed by atoms with E-state index in [1.54, 1.807) is 23.6 Å². The quantitative estimate of drug-likeness (QED) is 0.574. The van der Waals surface area contributed by atoms with Crippen molar-refractivity contribution in [2.24, 2.45) is 5.10 Å². The van der Waals surface area contributed by atoms with Crippen LogP contribution >= 0.6 is 11.3 Å². The van der Waals surface area contributed by atoms with Crippen LogP contribution in [-0.2, 0) is 0 Å². The fourth-order valence-corrected chi connectivity index (χ4v) is 2.66. The molecule has 0 saturated heterocycles. The van der Waals surface area contributed by atoms with Gasteiger partial charge in [-0.3, -0.25) is 9.89 Å². The van der Waals surface area contributed by atoms with Crippen molar-refractivity contribution in [1.82, 2.24) is 15.6 Å². The summed E-state index contributed by atoms with van der Waals surface area (Å²) in [5, 5.41) is 12.8. The van der Waals surface area contributed by atoms with Crippen molar-refractivity contribution in [2.75, 3.05) is 0 Å². The van der Waals surface area contributed by atoms with Crippen molar-refractivity contribution in [1.29, 1.82) is 0 Å². The molecule has 1 aromatic carbocycles. The lowest BCUT2D eigenvalue weighted by molar-refractivity contribution is 0.0950. The summed E-state index contributed by atoms with van der Waals surface area (Å²) in [4.78, 5) is 13.0. The largest absolute Gasteiger partial charge is 0.291 e. The number of benzene rings is 1. The number of amides is 1. The zero-order chi connectivity index (χ0) is 15.4. The fourth-order valence-electron chi connectivity index (χ4n) is 1.97. The predicted molar refractivity (Wildman–Crippen MR) is 88.1 cm³/mol. The van der Waals surface area contributed by atoms with Crippen LogP contribution in [0.1, 0.15) is 21.6 Å². The number of carbonyl (C=O) groups is 1. The lowest BCUT2D eigenvalue weighted by Gasteiger charge is -1.96. The molecule has 0 aliphatic heterocycles. The molecular weight excluding hydrogens is 296 g/mol. The summed E-state index contributed by atoms with van der Waals surface area (Å²) in [6.45, 7) is 2.01. The van der Waals surface area contributed by atoms with Crippen molar-refractivity contribution in [3.8, 4) is 10.6 Å². The second kappa shape index (κ2) is 6.36. The molecule has 2 aromatic heterocycles. The number of carbonyl (C=O) groups excluding carboxylic acids is 1. The Balaban J connectivity index is 1.65. The number of thiophene rings is 1. The van der Waals surface area contributed by atoms with E-state index in [1.165, 1.54) is 0 Å². The third-order valence-corrected chi connectivity index (χ3v) is 3.92. The van der Waals surface area contributed by atoms with Crippen molar-refractivity contribution >= 4 is 23.5 Å². The summed E-state index contributed by atoms with van der Waals surface area (Å²) in [7, 11) is 0. The number of rotatable bonds is 4. The van der Waals surface area contributed by atoms with E-state index < -0.39 is 0 Å². The van der Waals surface area contributed by atoms with Crippen LogP contribution in [0, 0.1) is 6.92 Å². The molecule has 6 heteroatoms. The van der Waals surface area contributed by atoms with E-state index in [9.17, 15) is 4.79 Å². The molecule has 0 atom stereocenters. The maximum atomic E-state index is 12.0. The summed E-state index contributed by atoms with van der Waals surface area (Å²) in [5.41, 5.74) is 5.68. The second-order valence-corrected chi connectivity index (χ2v) is 5.71. The number of hydrogen-bond acceptors (Lipinski definition) is 4. The van der Waals surface area contributed by atoms with Crippen LogP contribution in [0.5, 0.6) is 0 Å². The van der Waals surface area contributed by atoms with Gasteiger partial charge in [-0.25, -0.2) is 5.43 Å². The highest BCUT2D eigenvalue weighted by atomic mass is 32.1. The second-order valence-electron chi connectivity index (χ2n) is 4.76. The van der Waals surface area contributed by atoms with E-state index in [2.05, 4.69) is 20.7 Å². The highest BCUT2D eigenvalue weighted by Gasteiger charge is 2.10. The zero-order valence-electron chi connectivity index (χ0n) is 11.9. The molecule has 0 fully saturated rings.